The molecule has 2 aromatic carbocycles. The maximum Gasteiger partial charge on any atom is 0.244 e. The van der Waals surface area contributed by atoms with Crippen molar-refractivity contribution in [1.82, 2.24) is 10.2 Å². The number of hydrogen-bond donors (Lipinski definition) is 1. The summed E-state index contributed by atoms with van der Waals surface area (Å²) in [6, 6.07) is 13.3. The summed E-state index contributed by atoms with van der Waals surface area (Å²) in [5, 5.41) is 3.60. The monoisotopic (exact) mass is 631 g/mol. The summed E-state index contributed by atoms with van der Waals surface area (Å²) in [5.74, 6) is -0.715. The molecule has 0 radical (unpaired) electrons. The van der Waals surface area contributed by atoms with Crippen LogP contribution in [-0.4, -0.2) is 50.0 Å². The van der Waals surface area contributed by atoms with Crippen molar-refractivity contribution >= 4 is 61.7 Å². The van der Waals surface area contributed by atoms with Crippen molar-refractivity contribution in [3.05, 3.63) is 62.7 Å². The van der Waals surface area contributed by atoms with Gasteiger partial charge in [-0.1, -0.05) is 43.0 Å². The maximum atomic E-state index is 13.6. The van der Waals surface area contributed by atoms with Gasteiger partial charge in [0.05, 0.1) is 11.9 Å². The van der Waals surface area contributed by atoms with Crippen molar-refractivity contribution in [1.29, 1.82) is 0 Å². The number of halogens is 2. The molecule has 2 amide bonds. The molecule has 0 saturated heterocycles. The van der Waals surface area contributed by atoms with Gasteiger partial charge in [0.25, 0.3) is 0 Å². The summed E-state index contributed by atoms with van der Waals surface area (Å²) in [5.41, 5.74) is 1.15. The van der Waals surface area contributed by atoms with Crippen LogP contribution in [0, 0.1) is 3.57 Å². The van der Waals surface area contributed by atoms with Crippen LogP contribution in [0.25, 0.3) is 0 Å². The lowest BCUT2D eigenvalue weighted by molar-refractivity contribution is -0.139. The Labute approximate surface area is 226 Å². The largest absolute Gasteiger partial charge is 0.352 e. The molecule has 10 heteroatoms. The number of hydrogen-bond acceptors (Lipinski definition) is 4. The molecule has 1 aliphatic carbocycles. The van der Waals surface area contributed by atoms with Crippen molar-refractivity contribution in [2.75, 3.05) is 17.1 Å². The van der Waals surface area contributed by atoms with Gasteiger partial charge in [0, 0.05) is 21.2 Å². The molecule has 0 heterocycles. The average molecular weight is 632 g/mol. The van der Waals surface area contributed by atoms with Crippen molar-refractivity contribution in [3.63, 3.8) is 0 Å². The zero-order chi connectivity index (χ0) is 25.6. The van der Waals surface area contributed by atoms with Crippen molar-refractivity contribution in [2.24, 2.45) is 0 Å². The molecule has 2 aromatic rings. The Balaban J connectivity index is 1.86. The molecule has 0 unspecified atom stereocenters. The van der Waals surface area contributed by atoms with Crippen LogP contribution in [0.5, 0.6) is 0 Å². The lowest BCUT2D eigenvalue weighted by Crippen LogP contribution is -2.52. The number of nitrogens with zero attached hydrogens (tertiary/aromatic N) is 2. The van der Waals surface area contributed by atoms with Gasteiger partial charge in [-0.2, -0.15) is 0 Å². The number of anilines is 1. The van der Waals surface area contributed by atoms with Crippen molar-refractivity contribution in [2.45, 2.75) is 57.7 Å². The predicted molar refractivity (Wildman–Crippen MR) is 148 cm³/mol. The van der Waals surface area contributed by atoms with Crippen molar-refractivity contribution in [3.8, 4) is 0 Å². The number of rotatable bonds is 9. The molecule has 0 spiro atoms. The highest BCUT2D eigenvalue weighted by Gasteiger charge is 2.31. The number of benzene rings is 2. The smallest absolute Gasteiger partial charge is 0.244 e. The van der Waals surface area contributed by atoms with E-state index in [-0.39, 0.29) is 18.5 Å². The molecule has 1 fully saturated rings. The first-order chi connectivity index (χ1) is 16.5. The minimum absolute atomic E-state index is 0.0983. The van der Waals surface area contributed by atoms with E-state index in [4.69, 9.17) is 11.6 Å². The number of amides is 2. The second-order valence-electron chi connectivity index (χ2n) is 8.92. The van der Waals surface area contributed by atoms with E-state index in [9.17, 15) is 18.0 Å². The van der Waals surface area contributed by atoms with Crippen molar-refractivity contribution < 1.29 is 18.0 Å². The lowest BCUT2D eigenvalue weighted by atomic mass is 9.95. The molecule has 1 N–H and O–H groups in total. The molecule has 1 saturated carbocycles. The van der Waals surface area contributed by atoms with Crippen LogP contribution in [0.4, 0.5) is 5.69 Å². The molecule has 0 aliphatic heterocycles. The van der Waals surface area contributed by atoms with E-state index in [0.717, 1.165) is 45.4 Å². The predicted octanol–water partition coefficient (Wildman–Crippen LogP) is 4.58. The number of carbonyl (C=O) groups is 2. The van der Waals surface area contributed by atoms with Crippen LogP contribution >= 0.6 is 34.2 Å². The molecule has 190 valence electrons. The van der Waals surface area contributed by atoms with Gasteiger partial charge in [0.2, 0.25) is 21.8 Å². The Morgan fingerprint density at radius 1 is 1.11 bits per heavy atom. The van der Waals surface area contributed by atoms with Gasteiger partial charge in [-0.15, -0.1) is 0 Å². The van der Waals surface area contributed by atoms with Gasteiger partial charge in [-0.05, 0) is 84.3 Å². The molecule has 1 atom stereocenters. The van der Waals surface area contributed by atoms with E-state index in [1.165, 1.54) is 11.3 Å². The summed E-state index contributed by atoms with van der Waals surface area (Å²) in [4.78, 5) is 28.1. The molecular weight excluding hydrogens is 601 g/mol. The normalized spacial score (nSPS) is 15.3. The van der Waals surface area contributed by atoms with Gasteiger partial charge < -0.3 is 10.2 Å². The van der Waals surface area contributed by atoms with Crippen LogP contribution in [0.15, 0.2) is 48.5 Å². The van der Waals surface area contributed by atoms with E-state index in [0.29, 0.717) is 10.7 Å². The fourth-order valence-corrected chi connectivity index (χ4v) is 5.63. The molecule has 3 rings (SSSR count). The molecule has 1 aliphatic rings. The van der Waals surface area contributed by atoms with Crippen LogP contribution < -0.4 is 9.62 Å². The Morgan fingerprint density at radius 2 is 1.77 bits per heavy atom. The van der Waals surface area contributed by atoms with E-state index < -0.39 is 28.5 Å². The van der Waals surface area contributed by atoms with E-state index >= 15 is 0 Å². The number of carbonyl (C=O) groups excluding carboxylic acids is 2. The standard InChI is InChI=1S/C25H31ClIN3O4S/c1-18(25(32)28-22-9-4-3-5-10-22)29(16-19-7-6-8-20(26)15-19)24(31)17-30(35(2,33)34)23-13-11-21(27)12-14-23/h6-8,11-15,18,22H,3-5,9-10,16-17H2,1-2H3,(H,28,32)/t18-/m1/s1. The Kier molecular flexibility index (Phi) is 9.83. The van der Waals surface area contributed by atoms with E-state index in [1.54, 1.807) is 49.4 Å². The molecule has 0 aromatic heterocycles. The topological polar surface area (TPSA) is 86.8 Å². The van der Waals surface area contributed by atoms with Crippen LogP contribution in [0.3, 0.4) is 0 Å². The summed E-state index contributed by atoms with van der Waals surface area (Å²) < 4.78 is 27.2. The van der Waals surface area contributed by atoms with E-state index in [1.807, 2.05) is 6.07 Å². The Hall–Kier alpha value is -1.85. The fraction of sp³-hybridized carbons (Fsp3) is 0.440. The molecular formula is C25H31ClIN3O4S. The lowest BCUT2D eigenvalue weighted by Gasteiger charge is -2.33. The average Bonchev–Trinajstić information content (AvgIpc) is 2.81. The first-order valence-electron chi connectivity index (χ1n) is 11.6. The summed E-state index contributed by atoms with van der Waals surface area (Å²) in [6.07, 6.45) is 6.23. The SMILES string of the molecule is C[C@H](C(=O)NC1CCCCC1)N(Cc1cccc(Cl)c1)C(=O)CN(c1ccc(I)cc1)S(C)(=O)=O. The molecule has 35 heavy (non-hydrogen) atoms. The van der Waals surface area contributed by atoms with Crippen LogP contribution in [0.2, 0.25) is 5.02 Å². The zero-order valence-electron chi connectivity index (χ0n) is 19.9. The Morgan fingerprint density at radius 3 is 2.37 bits per heavy atom. The third kappa shape index (κ3) is 8.08. The first-order valence-corrected chi connectivity index (χ1v) is 14.9. The molecule has 7 nitrogen and oxygen atoms in total. The van der Waals surface area contributed by atoms with Gasteiger partial charge >= 0.3 is 0 Å². The van der Waals surface area contributed by atoms with E-state index in [2.05, 4.69) is 27.9 Å². The van der Waals surface area contributed by atoms with Crippen LogP contribution in [0.1, 0.15) is 44.6 Å². The van der Waals surface area contributed by atoms with Crippen LogP contribution in [-0.2, 0) is 26.2 Å². The minimum atomic E-state index is -3.75. The zero-order valence-corrected chi connectivity index (χ0v) is 23.6. The Bertz CT molecular complexity index is 1140. The quantitative estimate of drug-likeness (QED) is 0.411. The van der Waals surface area contributed by atoms with Gasteiger partial charge in [-0.3, -0.25) is 13.9 Å². The highest BCUT2D eigenvalue weighted by atomic mass is 127. The highest BCUT2D eigenvalue weighted by Crippen LogP contribution is 2.22. The summed E-state index contributed by atoms with van der Waals surface area (Å²) in [7, 11) is -3.75. The fourth-order valence-electron chi connectivity index (χ4n) is 4.20. The second kappa shape index (κ2) is 12.4. The molecule has 0 bridgehead atoms. The third-order valence-corrected chi connectivity index (χ3v) is 8.25. The minimum Gasteiger partial charge on any atom is -0.352 e. The first kappa shape index (κ1) is 27.7. The summed E-state index contributed by atoms with van der Waals surface area (Å²) >= 11 is 8.28. The number of nitrogens with one attached hydrogen (secondary N) is 1. The third-order valence-electron chi connectivity index (χ3n) is 6.15. The van der Waals surface area contributed by atoms with Gasteiger partial charge in [0.15, 0.2) is 0 Å². The summed E-state index contributed by atoms with van der Waals surface area (Å²) in [6.45, 7) is 1.39. The van der Waals surface area contributed by atoms with Gasteiger partial charge in [0.1, 0.15) is 12.6 Å². The number of sulfonamides is 1. The second-order valence-corrected chi connectivity index (χ2v) is 12.5. The highest BCUT2D eigenvalue weighted by molar-refractivity contribution is 14.1. The maximum absolute atomic E-state index is 13.6. The van der Waals surface area contributed by atoms with Gasteiger partial charge in [-0.25, -0.2) is 8.42 Å².